The lowest BCUT2D eigenvalue weighted by molar-refractivity contribution is -0.115. The van der Waals surface area contributed by atoms with Gasteiger partial charge in [0.05, 0.1) is 12.1 Å². The summed E-state index contributed by atoms with van der Waals surface area (Å²) >= 11 is 0. The average Bonchev–Trinajstić information content (AvgIpc) is 2.38. The molecule has 1 aromatic carbocycles. The van der Waals surface area contributed by atoms with Crippen LogP contribution in [0.4, 0.5) is 5.69 Å². The number of pyridine rings is 1. The molecule has 0 unspecified atom stereocenters. The number of benzene rings is 1. The van der Waals surface area contributed by atoms with Crippen LogP contribution in [-0.2, 0) is 11.2 Å². The van der Waals surface area contributed by atoms with Crippen molar-refractivity contribution >= 4 is 11.6 Å². The zero-order valence-electron chi connectivity index (χ0n) is 11.0. The monoisotopic (exact) mass is 256 g/mol. The number of nitrogens with zero attached hydrogens (tertiary/aromatic N) is 1. The maximum absolute atomic E-state index is 12.0. The molecule has 0 atom stereocenters. The van der Waals surface area contributed by atoms with Crippen molar-refractivity contribution in [1.82, 2.24) is 4.98 Å². The first-order chi connectivity index (χ1) is 9.08. The summed E-state index contributed by atoms with van der Waals surface area (Å²) in [4.78, 5) is 16.2. The maximum Gasteiger partial charge on any atom is 0.230 e. The molecule has 4 nitrogen and oxygen atoms in total. The van der Waals surface area contributed by atoms with E-state index in [0.717, 1.165) is 11.3 Å². The Balaban J connectivity index is 2.10. The van der Waals surface area contributed by atoms with Gasteiger partial charge in [-0.3, -0.25) is 9.78 Å². The Bertz CT molecular complexity index is 609. The van der Waals surface area contributed by atoms with Gasteiger partial charge in [0.15, 0.2) is 0 Å². The Kier molecular flexibility index (Phi) is 3.80. The number of hydrogen-bond donors (Lipinski definition) is 2. The highest BCUT2D eigenvalue weighted by molar-refractivity contribution is 5.93. The molecule has 2 rings (SSSR count). The van der Waals surface area contributed by atoms with Crippen molar-refractivity contribution in [1.29, 1.82) is 0 Å². The van der Waals surface area contributed by atoms with E-state index in [1.807, 2.05) is 19.1 Å². The van der Waals surface area contributed by atoms with Gasteiger partial charge in [0, 0.05) is 17.4 Å². The van der Waals surface area contributed by atoms with Crippen LogP contribution in [0.25, 0.3) is 0 Å². The predicted molar refractivity (Wildman–Crippen MR) is 74.2 cm³/mol. The van der Waals surface area contributed by atoms with Gasteiger partial charge in [-0.25, -0.2) is 0 Å². The van der Waals surface area contributed by atoms with E-state index < -0.39 is 0 Å². The van der Waals surface area contributed by atoms with E-state index in [4.69, 9.17) is 0 Å². The van der Waals surface area contributed by atoms with Gasteiger partial charge in [-0.2, -0.15) is 0 Å². The van der Waals surface area contributed by atoms with Crippen LogP contribution in [-0.4, -0.2) is 16.0 Å². The first-order valence-corrected chi connectivity index (χ1v) is 6.07. The SMILES string of the molecule is Cc1cccnc1CC(=O)Nc1cccc(O)c1C. The number of hydrogen-bond acceptors (Lipinski definition) is 3. The molecule has 0 fully saturated rings. The van der Waals surface area contributed by atoms with Crippen LogP contribution < -0.4 is 5.32 Å². The molecule has 2 aromatic rings. The Labute approximate surface area is 112 Å². The van der Waals surface area contributed by atoms with Crippen molar-refractivity contribution < 1.29 is 9.90 Å². The summed E-state index contributed by atoms with van der Waals surface area (Å²) in [6.45, 7) is 3.69. The number of aromatic nitrogens is 1. The molecular weight excluding hydrogens is 240 g/mol. The van der Waals surface area contributed by atoms with Crippen molar-refractivity contribution in [2.75, 3.05) is 5.32 Å². The lowest BCUT2D eigenvalue weighted by Crippen LogP contribution is -2.16. The number of phenolic OH excluding ortho intramolecular Hbond substituents is 1. The number of nitrogens with one attached hydrogen (secondary N) is 1. The molecule has 1 heterocycles. The second-order valence-electron chi connectivity index (χ2n) is 4.44. The molecule has 0 saturated carbocycles. The largest absolute Gasteiger partial charge is 0.508 e. The first-order valence-electron chi connectivity index (χ1n) is 6.07. The Morgan fingerprint density at radius 2 is 2.05 bits per heavy atom. The quantitative estimate of drug-likeness (QED) is 0.887. The van der Waals surface area contributed by atoms with E-state index >= 15 is 0 Å². The Morgan fingerprint density at radius 1 is 1.26 bits per heavy atom. The molecule has 0 aliphatic heterocycles. The van der Waals surface area contributed by atoms with Gasteiger partial charge in [0.1, 0.15) is 5.75 Å². The van der Waals surface area contributed by atoms with Crippen LogP contribution in [0.3, 0.4) is 0 Å². The third kappa shape index (κ3) is 3.10. The van der Waals surface area contributed by atoms with E-state index in [1.54, 1.807) is 31.3 Å². The summed E-state index contributed by atoms with van der Waals surface area (Å²) in [5.74, 6) is 0.0299. The van der Waals surface area contributed by atoms with Crippen molar-refractivity contribution in [2.24, 2.45) is 0 Å². The fraction of sp³-hybridized carbons (Fsp3) is 0.200. The smallest absolute Gasteiger partial charge is 0.230 e. The van der Waals surface area contributed by atoms with E-state index in [9.17, 15) is 9.90 Å². The third-order valence-corrected chi connectivity index (χ3v) is 3.03. The molecule has 1 aromatic heterocycles. The molecular formula is C15H16N2O2. The van der Waals surface area contributed by atoms with Crippen molar-refractivity contribution in [3.8, 4) is 5.75 Å². The molecule has 0 spiro atoms. The number of aromatic hydroxyl groups is 1. The molecule has 98 valence electrons. The van der Waals surface area contributed by atoms with E-state index in [1.165, 1.54) is 0 Å². The topological polar surface area (TPSA) is 62.2 Å². The summed E-state index contributed by atoms with van der Waals surface area (Å²) in [5, 5.41) is 12.4. The second kappa shape index (κ2) is 5.52. The molecule has 0 aliphatic carbocycles. The molecule has 2 N–H and O–H groups in total. The molecule has 0 radical (unpaired) electrons. The first kappa shape index (κ1) is 13.1. The van der Waals surface area contributed by atoms with Crippen LogP contribution in [0, 0.1) is 13.8 Å². The Hall–Kier alpha value is -2.36. The minimum atomic E-state index is -0.143. The number of anilines is 1. The molecule has 4 heteroatoms. The zero-order chi connectivity index (χ0) is 13.8. The van der Waals surface area contributed by atoms with Gasteiger partial charge in [0.2, 0.25) is 5.91 Å². The van der Waals surface area contributed by atoms with E-state index in [0.29, 0.717) is 11.3 Å². The number of amides is 1. The van der Waals surface area contributed by atoms with Crippen molar-refractivity contribution in [3.05, 3.63) is 53.3 Å². The number of carbonyl (C=O) groups excluding carboxylic acids is 1. The third-order valence-electron chi connectivity index (χ3n) is 3.03. The summed E-state index contributed by atoms with van der Waals surface area (Å²) in [7, 11) is 0. The van der Waals surface area contributed by atoms with Gasteiger partial charge in [-0.1, -0.05) is 12.1 Å². The van der Waals surface area contributed by atoms with Crippen LogP contribution in [0.15, 0.2) is 36.5 Å². The average molecular weight is 256 g/mol. The highest BCUT2D eigenvalue weighted by atomic mass is 16.3. The minimum absolute atomic E-state index is 0.143. The van der Waals surface area contributed by atoms with Crippen molar-refractivity contribution in [3.63, 3.8) is 0 Å². The summed E-state index contributed by atoms with van der Waals surface area (Å²) in [5.41, 5.74) is 3.04. The van der Waals surface area contributed by atoms with Gasteiger partial charge in [-0.05, 0) is 37.6 Å². The lowest BCUT2D eigenvalue weighted by Gasteiger charge is -2.10. The standard InChI is InChI=1S/C15H16N2O2/c1-10-5-4-8-16-13(10)9-15(19)17-12-6-3-7-14(18)11(12)2/h3-8,18H,9H2,1-2H3,(H,17,19). The highest BCUT2D eigenvalue weighted by Gasteiger charge is 2.09. The molecule has 0 aliphatic rings. The Morgan fingerprint density at radius 3 is 2.79 bits per heavy atom. The maximum atomic E-state index is 12.0. The highest BCUT2D eigenvalue weighted by Crippen LogP contribution is 2.23. The van der Waals surface area contributed by atoms with Gasteiger partial charge >= 0.3 is 0 Å². The number of aryl methyl sites for hydroxylation is 1. The van der Waals surface area contributed by atoms with Gasteiger partial charge in [-0.15, -0.1) is 0 Å². The fourth-order valence-electron chi connectivity index (χ4n) is 1.81. The normalized spacial score (nSPS) is 10.2. The van der Waals surface area contributed by atoms with Crippen LogP contribution in [0.1, 0.15) is 16.8 Å². The predicted octanol–water partition coefficient (Wildman–Crippen LogP) is 2.59. The van der Waals surface area contributed by atoms with Crippen LogP contribution in [0.2, 0.25) is 0 Å². The molecule has 0 bridgehead atoms. The fourth-order valence-corrected chi connectivity index (χ4v) is 1.81. The van der Waals surface area contributed by atoms with Gasteiger partial charge < -0.3 is 10.4 Å². The molecule has 1 amide bonds. The molecule has 19 heavy (non-hydrogen) atoms. The van der Waals surface area contributed by atoms with E-state index in [-0.39, 0.29) is 18.1 Å². The van der Waals surface area contributed by atoms with Gasteiger partial charge in [0.25, 0.3) is 0 Å². The summed E-state index contributed by atoms with van der Waals surface area (Å²) in [6, 6.07) is 8.82. The summed E-state index contributed by atoms with van der Waals surface area (Å²) < 4.78 is 0. The van der Waals surface area contributed by atoms with Crippen LogP contribution >= 0.6 is 0 Å². The molecule has 0 saturated heterocycles. The second-order valence-corrected chi connectivity index (χ2v) is 4.44. The lowest BCUT2D eigenvalue weighted by atomic mass is 10.1. The number of phenols is 1. The van der Waals surface area contributed by atoms with Crippen molar-refractivity contribution in [2.45, 2.75) is 20.3 Å². The summed E-state index contributed by atoms with van der Waals surface area (Å²) in [6.07, 6.45) is 1.90. The van der Waals surface area contributed by atoms with E-state index in [2.05, 4.69) is 10.3 Å². The number of rotatable bonds is 3. The minimum Gasteiger partial charge on any atom is -0.508 e. The zero-order valence-corrected chi connectivity index (χ0v) is 11.0. The number of carbonyl (C=O) groups is 1. The van der Waals surface area contributed by atoms with Crippen LogP contribution in [0.5, 0.6) is 5.75 Å².